The van der Waals surface area contributed by atoms with Crippen molar-refractivity contribution in [3.8, 4) is 5.75 Å². The number of thioether (sulfide) groups is 2. The largest absolute Gasteiger partial charge is 0.508 e. The van der Waals surface area contributed by atoms with Crippen molar-refractivity contribution in [3.05, 3.63) is 45.6 Å². The van der Waals surface area contributed by atoms with Crippen LogP contribution in [0.15, 0.2) is 38.8 Å². The summed E-state index contributed by atoms with van der Waals surface area (Å²) >= 11 is 4.15. The molecule has 1 saturated heterocycles. The molecule has 2 aliphatic rings. The van der Waals surface area contributed by atoms with Gasteiger partial charge in [0.1, 0.15) is 27.9 Å². The highest BCUT2D eigenvalue weighted by Gasteiger charge is 2.54. The third kappa shape index (κ3) is 6.61. The van der Waals surface area contributed by atoms with Crippen LogP contribution in [0.4, 0.5) is 4.79 Å². The number of hydrogen-bond donors (Lipinski definition) is 6. The number of benzene rings is 1. The Bertz CT molecular complexity index is 1390. The third-order valence-corrected chi connectivity index (χ3v) is 9.01. The molecule has 2 aromatic rings. The number of carboxylic acids is 1. The van der Waals surface area contributed by atoms with Gasteiger partial charge in [0.25, 0.3) is 5.91 Å². The maximum Gasteiger partial charge on any atom is 0.352 e. The summed E-state index contributed by atoms with van der Waals surface area (Å²) in [6, 6.07) is 2.79. The van der Waals surface area contributed by atoms with Crippen molar-refractivity contribution < 1.29 is 29.4 Å². The maximum absolute atomic E-state index is 12.9. The molecule has 14 nitrogen and oxygen atoms in total. The molecule has 0 spiro atoms. The van der Waals surface area contributed by atoms with Gasteiger partial charge in [-0.2, -0.15) is 4.99 Å². The van der Waals surface area contributed by atoms with Gasteiger partial charge in [0, 0.05) is 23.6 Å². The van der Waals surface area contributed by atoms with E-state index in [0.29, 0.717) is 32.5 Å². The summed E-state index contributed by atoms with van der Waals surface area (Å²) in [6.07, 6.45) is -0.110. The van der Waals surface area contributed by atoms with Crippen LogP contribution in [-0.4, -0.2) is 78.0 Å². The van der Waals surface area contributed by atoms with E-state index in [4.69, 9.17) is 11.5 Å². The number of nitrogens with one attached hydrogen (secondary N) is 2. The van der Waals surface area contributed by atoms with Crippen molar-refractivity contribution >= 4 is 64.6 Å². The number of phenols is 1. The number of aliphatic carboxylic acids is 1. The molecular formula is C22H24N8O6S3. The molecule has 1 fully saturated rings. The van der Waals surface area contributed by atoms with E-state index in [0.717, 1.165) is 5.01 Å². The number of guanidine groups is 1. The maximum atomic E-state index is 12.9. The lowest BCUT2D eigenvalue weighted by Crippen LogP contribution is -2.70. The number of aliphatic imine (C=N–C) groups is 1. The first-order valence-electron chi connectivity index (χ1n) is 11.3. The highest BCUT2D eigenvalue weighted by atomic mass is 32.2. The fourth-order valence-corrected chi connectivity index (χ4v) is 7.21. The molecule has 0 aliphatic carbocycles. The summed E-state index contributed by atoms with van der Waals surface area (Å²) in [7, 11) is 0. The first-order chi connectivity index (χ1) is 18.5. The molecule has 0 saturated carbocycles. The second kappa shape index (κ2) is 11.9. The number of aromatic hydroxyl groups is 1. The van der Waals surface area contributed by atoms with Crippen LogP contribution >= 0.6 is 34.9 Å². The molecule has 3 heterocycles. The number of β-lactam (4-membered cyclic amide) rings is 1. The molecule has 17 heteroatoms. The fraction of sp³-hybridized carbons (Fsp3) is 0.318. The van der Waals surface area contributed by atoms with E-state index in [1.54, 1.807) is 0 Å². The van der Waals surface area contributed by atoms with E-state index in [1.807, 2.05) is 6.92 Å². The molecule has 0 bridgehead atoms. The number of nitrogens with two attached hydrogens (primary N) is 2. The smallest absolute Gasteiger partial charge is 0.352 e. The lowest BCUT2D eigenvalue weighted by atomic mass is 10.0. The molecule has 206 valence electrons. The second-order valence-electron chi connectivity index (χ2n) is 8.42. The van der Waals surface area contributed by atoms with Gasteiger partial charge in [0.05, 0.1) is 6.42 Å². The van der Waals surface area contributed by atoms with E-state index in [9.17, 15) is 29.4 Å². The lowest BCUT2D eigenvalue weighted by molar-refractivity contribution is -0.150. The molecule has 39 heavy (non-hydrogen) atoms. The van der Waals surface area contributed by atoms with Crippen molar-refractivity contribution in [1.29, 1.82) is 0 Å². The summed E-state index contributed by atoms with van der Waals surface area (Å²) in [6.45, 7) is 1.74. The minimum Gasteiger partial charge on any atom is -0.508 e. The number of aryl methyl sites for hydroxylation is 1. The zero-order chi connectivity index (χ0) is 28.3. The number of carbonyl (C=O) groups is 4. The Labute approximate surface area is 234 Å². The van der Waals surface area contributed by atoms with Gasteiger partial charge in [-0.1, -0.05) is 29.2 Å². The first kappa shape index (κ1) is 28.2. The monoisotopic (exact) mass is 592 g/mol. The van der Waals surface area contributed by atoms with Crippen LogP contribution < -0.4 is 22.1 Å². The Morgan fingerprint density at radius 1 is 1.28 bits per heavy atom. The summed E-state index contributed by atoms with van der Waals surface area (Å²) in [4.78, 5) is 53.9. The van der Waals surface area contributed by atoms with Gasteiger partial charge < -0.3 is 32.3 Å². The van der Waals surface area contributed by atoms with E-state index in [1.165, 1.54) is 58.0 Å². The Morgan fingerprint density at radius 3 is 2.72 bits per heavy atom. The van der Waals surface area contributed by atoms with Gasteiger partial charge in [0.2, 0.25) is 5.91 Å². The van der Waals surface area contributed by atoms with E-state index >= 15 is 0 Å². The van der Waals surface area contributed by atoms with Crippen LogP contribution in [0.5, 0.6) is 5.75 Å². The van der Waals surface area contributed by atoms with Crippen molar-refractivity contribution in [2.24, 2.45) is 16.5 Å². The Hall–Kier alpha value is -3.83. The van der Waals surface area contributed by atoms with Crippen LogP contribution in [0, 0.1) is 6.92 Å². The predicted octanol–water partition coefficient (Wildman–Crippen LogP) is 0.109. The highest BCUT2D eigenvalue weighted by molar-refractivity contribution is 8.01. The number of aromatic nitrogens is 2. The summed E-state index contributed by atoms with van der Waals surface area (Å²) in [5, 5.41) is 33.3. The van der Waals surface area contributed by atoms with E-state index < -0.39 is 41.2 Å². The highest BCUT2D eigenvalue weighted by Crippen LogP contribution is 2.41. The first-order valence-corrected chi connectivity index (χ1v) is 14.2. The minimum atomic E-state index is -1.20. The number of urea groups is 1. The molecule has 8 N–H and O–H groups in total. The van der Waals surface area contributed by atoms with Crippen LogP contribution in [0.1, 0.15) is 16.1 Å². The number of rotatable bonds is 9. The lowest BCUT2D eigenvalue weighted by Gasteiger charge is -2.49. The number of carboxylic acid groups (broad SMARTS) is 1. The summed E-state index contributed by atoms with van der Waals surface area (Å²) in [5.41, 5.74) is 11.7. The fourth-order valence-electron chi connectivity index (χ4n) is 3.91. The van der Waals surface area contributed by atoms with E-state index in [-0.39, 0.29) is 24.4 Å². The zero-order valence-corrected chi connectivity index (χ0v) is 22.9. The van der Waals surface area contributed by atoms with E-state index in [2.05, 4.69) is 25.8 Å². The SMILES string of the molecule is Cc1nnc(SCC2=C(C(=O)O)N3C(=O)C(NC(=O)Cc4ccc(O)c(CNC(=O)N=C(N)N)c4)[C@@H]3SC2)s1. The van der Waals surface area contributed by atoms with Gasteiger partial charge in [0.15, 0.2) is 10.3 Å². The number of fused-ring (bicyclic) bond motifs is 1. The second-order valence-corrected chi connectivity index (χ2v) is 11.9. The molecule has 4 amide bonds. The van der Waals surface area contributed by atoms with Gasteiger partial charge in [-0.3, -0.25) is 14.5 Å². The van der Waals surface area contributed by atoms with Gasteiger partial charge >= 0.3 is 12.0 Å². The third-order valence-electron chi connectivity index (χ3n) is 5.61. The summed E-state index contributed by atoms with van der Waals surface area (Å²) < 4.78 is 0.713. The van der Waals surface area contributed by atoms with Gasteiger partial charge in [-0.05, 0) is 30.2 Å². The van der Waals surface area contributed by atoms with Crippen molar-refractivity contribution in [3.63, 3.8) is 0 Å². The normalized spacial score (nSPS) is 18.2. The van der Waals surface area contributed by atoms with Crippen LogP contribution in [-0.2, 0) is 27.3 Å². The van der Waals surface area contributed by atoms with Crippen LogP contribution in [0.2, 0.25) is 0 Å². The number of nitrogens with zero attached hydrogens (tertiary/aromatic N) is 4. The average Bonchev–Trinajstić information content (AvgIpc) is 3.30. The van der Waals surface area contributed by atoms with Crippen molar-refractivity contribution in [2.45, 2.75) is 35.6 Å². The predicted molar refractivity (Wildman–Crippen MR) is 145 cm³/mol. The Balaban J connectivity index is 1.37. The zero-order valence-electron chi connectivity index (χ0n) is 20.4. The quantitative estimate of drug-likeness (QED) is 0.0987. The van der Waals surface area contributed by atoms with Crippen molar-refractivity contribution in [2.75, 3.05) is 11.5 Å². The molecule has 1 aromatic heterocycles. The average molecular weight is 593 g/mol. The number of hydrogen-bond acceptors (Lipinski definition) is 10. The molecule has 1 aromatic carbocycles. The Kier molecular flexibility index (Phi) is 8.61. The minimum absolute atomic E-state index is 0.0612. The van der Waals surface area contributed by atoms with Crippen LogP contribution in [0.3, 0.4) is 0 Å². The molecule has 2 atom stereocenters. The number of carbonyl (C=O) groups excluding carboxylic acids is 3. The number of phenolic OH excluding ortho intramolecular Hbond substituents is 1. The Morgan fingerprint density at radius 2 is 2.05 bits per heavy atom. The molecular weight excluding hydrogens is 568 g/mol. The van der Waals surface area contributed by atoms with Gasteiger partial charge in [-0.25, -0.2) is 9.59 Å². The molecule has 2 aliphatic heterocycles. The molecule has 4 rings (SSSR count). The number of amides is 4. The topological polar surface area (TPSA) is 226 Å². The molecule has 1 unspecified atom stereocenters. The standard InChI is InChI=1S/C22H24N8O6S3/c1-9-28-29-22(39-9)38-8-12-7-37-18-15(17(33)30(18)16(12)19(34)35)26-14(32)5-10-2-3-13(31)11(4-10)6-25-21(36)27-20(23)24/h2-4,15,18,31H,5-8H2,1H3,(H,26,32)(H,34,35)(H5,23,24,25,27,36)/t15?,18-/m0/s1. The summed E-state index contributed by atoms with van der Waals surface area (Å²) in [5.74, 6) is -1.93. The molecule has 0 radical (unpaired) electrons. The van der Waals surface area contributed by atoms with Crippen LogP contribution in [0.25, 0.3) is 0 Å². The van der Waals surface area contributed by atoms with Gasteiger partial charge in [-0.15, -0.1) is 22.0 Å². The van der Waals surface area contributed by atoms with Crippen molar-refractivity contribution in [1.82, 2.24) is 25.7 Å².